The van der Waals surface area contributed by atoms with Crippen molar-refractivity contribution in [2.45, 2.75) is 52.0 Å². The van der Waals surface area contributed by atoms with Crippen LogP contribution in [0.2, 0.25) is 0 Å². The molecule has 2 aromatic carbocycles. The lowest BCUT2D eigenvalue weighted by Gasteiger charge is -2.27. The number of imidazole rings is 1. The van der Waals surface area contributed by atoms with Crippen molar-refractivity contribution in [1.82, 2.24) is 14.9 Å². The lowest BCUT2D eigenvalue weighted by Crippen LogP contribution is -2.26. The van der Waals surface area contributed by atoms with Crippen molar-refractivity contribution in [1.29, 1.82) is 0 Å². The van der Waals surface area contributed by atoms with Crippen LogP contribution < -0.4 is 14.8 Å². The molecule has 0 fully saturated rings. The summed E-state index contributed by atoms with van der Waals surface area (Å²) in [6.07, 6.45) is 10.4. The van der Waals surface area contributed by atoms with E-state index in [1.807, 2.05) is 55.0 Å². The first-order valence-electron chi connectivity index (χ1n) is 13.0. The van der Waals surface area contributed by atoms with Crippen molar-refractivity contribution < 1.29 is 19.0 Å². The van der Waals surface area contributed by atoms with Gasteiger partial charge in [0, 0.05) is 17.8 Å². The zero-order chi connectivity index (χ0) is 26.2. The van der Waals surface area contributed by atoms with E-state index in [0.29, 0.717) is 30.4 Å². The van der Waals surface area contributed by atoms with Gasteiger partial charge in [0.15, 0.2) is 0 Å². The summed E-state index contributed by atoms with van der Waals surface area (Å²) in [4.78, 5) is 17.1. The topological polar surface area (TPSA) is 74.6 Å². The third-order valence-corrected chi connectivity index (χ3v) is 6.75. The number of hydrogen-bond donors (Lipinski definition) is 1. The number of fused-ring (bicyclic) bond motifs is 1. The fourth-order valence-electron chi connectivity index (χ4n) is 4.88. The fraction of sp³-hybridized carbons (Fsp3) is 0.400. The SMILES string of the molecule is CCOC(=O)C(=Cc1ccc(-n2cnc(C)c2)c(OC)c1)CCCNC1CCCc2ccc(OC)cc21. The Hall–Kier alpha value is -3.58. The van der Waals surface area contributed by atoms with Crippen LogP contribution in [-0.4, -0.2) is 42.9 Å². The summed E-state index contributed by atoms with van der Waals surface area (Å²) in [5.41, 5.74) is 6.09. The van der Waals surface area contributed by atoms with Gasteiger partial charge in [0.1, 0.15) is 11.5 Å². The Morgan fingerprint density at radius 1 is 1.19 bits per heavy atom. The van der Waals surface area contributed by atoms with Crippen LogP contribution in [0, 0.1) is 6.92 Å². The van der Waals surface area contributed by atoms with Gasteiger partial charge in [0.2, 0.25) is 0 Å². The first-order valence-corrected chi connectivity index (χ1v) is 13.0. The van der Waals surface area contributed by atoms with E-state index in [2.05, 4.69) is 22.4 Å². The molecule has 0 radical (unpaired) electrons. The summed E-state index contributed by atoms with van der Waals surface area (Å²) in [6, 6.07) is 12.6. The summed E-state index contributed by atoms with van der Waals surface area (Å²) in [7, 11) is 3.35. The van der Waals surface area contributed by atoms with Gasteiger partial charge in [-0.1, -0.05) is 12.1 Å². The average Bonchev–Trinajstić information content (AvgIpc) is 3.35. The van der Waals surface area contributed by atoms with Crippen LogP contribution in [0.25, 0.3) is 11.8 Å². The second-order valence-electron chi connectivity index (χ2n) is 9.31. The minimum Gasteiger partial charge on any atom is -0.497 e. The molecule has 3 aromatic rings. The van der Waals surface area contributed by atoms with Gasteiger partial charge in [0.25, 0.3) is 0 Å². The Labute approximate surface area is 219 Å². The number of benzene rings is 2. The number of esters is 1. The van der Waals surface area contributed by atoms with E-state index in [1.54, 1.807) is 20.5 Å². The smallest absolute Gasteiger partial charge is 0.334 e. The molecule has 1 N–H and O–H groups in total. The molecule has 37 heavy (non-hydrogen) atoms. The molecule has 196 valence electrons. The summed E-state index contributed by atoms with van der Waals surface area (Å²) in [5.74, 6) is 1.33. The molecule has 1 aliphatic rings. The third kappa shape index (κ3) is 6.60. The molecule has 1 aliphatic carbocycles. The Bertz CT molecular complexity index is 1250. The molecule has 1 aromatic heterocycles. The van der Waals surface area contributed by atoms with Crippen molar-refractivity contribution in [2.75, 3.05) is 27.4 Å². The number of aromatic nitrogens is 2. The van der Waals surface area contributed by atoms with Crippen LogP contribution in [0.4, 0.5) is 0 Å². The predicted octanol–water partition coefficient (Wildman–Crippen LogP) is 5.59. The maximum absolute atomic E-state index is 12.8. The molecule has 1 unspecified atom stereocenters. The van der Waals surface area contributed by atoms with E-state index in [1.165, 1.54) is 17.5 Å². The van der Waals surface area contributed by atoms with E-state index < -0.39 is 0 Å². The molecular formula is C30H37N3O4. The first kappa shape index (κ1) is 26.5. The van der Waals surface area contributed by atoms with Crippen LogP contribution in [-0.2, 0) is 16.0 Å². The highest BCUT2D eigenvalue weighted by Gasteiger charge is 2.20. The molecule has 0 saturated carbocycles. The Morgan fingerprint density at radius 3 is 2.78 bits per heavy atom. The molecule has 1 heterocycles. The molecule has 7 nitrogen and oxygen atoms in total. The maximum Gasteiger partial charge on any atom is 0.334 e. The van der Waals surface area contributed by atoms with Gasteiger partial charge in [-0.3, -0.25) is 0 Å². The van der Waals surface area contributed by atoms with Gasteiger partial charge in [-0.25, -0.2) is 9.78 Å². The Morgan fingerprint density at radius 2 is 2.05 bits per heavy atom. The minimum atomic E-state index is -0.275. The molecule has 0 saturated heterocycles. The summed E-state index contributed by atoms with van der Waals surface area (Å²) < 4.78 is 18.4. The van der Waals surface area contributed by atoms with Gasteiger partial charge < -0.3 is 24.1 Å². The zero-order valence-electron chi connectivity index (χ0n) is 22.3. The lowest BCUT2D eigenvalue weighted by atomic mass is 9.87. The standard InChI is InChI=1S/C30H37N3O4/c1-5-37-30(34)24(16-22-11-14-28(29(17-22)36-4)33-19-21(2)32-20-33)9-7-15-31-27-10-6-8-23-12-13-25(35-3)18-26(23)27/h11-14,16-20,27,31H,5-10,15H2,1-4H3. The molecule has 0 bridgehead atoms. The van der Waals surface area contributed by atoms with E-state index in [-0.39, 0.29) is 5.97 Å². The third-order valence-electron chi connectivity index (χ3n) is 6.75. The largest absolute Gasteiger partial charge is 0.497 e. The lowest BCUT2D eigenvalue weighted by molar-refractivity contribution is -0.138. The normalized spacial score (nSPS) is 15.2. The molecule has 4 rings (SSSR count). The number of aryl methyl sites for hydroxylation is 2. The van der Waals surface area contributed by atoms with E-state index in [4.69, 9.17) is 14.2 Å². The molecule has 0 aliphatic heterocycles. The Kier molecular flexibility index (Phi) is 9.01. The highest BCUT2D eigenvalue weighted by molar-refractivity contribution is 5.93. The number of nitrogens with one attached hydrogen (secondary N) is 1. The van der Waals surface area contributed by atoms with Crippen molar-refractivity contribution in [2.24, 2.45) is 0 Å². The quantitative estimate of drug-likeness (QED) is 0.209. The molecular weight excluding hydrogens is 466 g/mol. The highest BCUT2D eigenvalue weighted by Crippen LogP contribution is 2.32. The van der Waals surface area contributed by atoms with E-state index in [0.717, 1.165) is 48.5 Å². The molecule has 0 spiro atoms. The van der Waals surface area contributed by atoms with Crippen molar-refractivity contribution in [3.63, 3.8) is 0 Å². The number of rotatable bonds is 11. The van der Waals surface area contributed by atoms with Crippen LogP contribution in [0.3, 0.4) is 0 Å². The highest BCUT2D eigenvalue weighted by atomic mass is 16.5. The van der Waals surface area contributed by atoms with Gasteiger partial charge in [-0.2, -0.15) is 0 Å². The average molecular weight is 504 g/mol. The van der Waals surface area contributed by atoms with E-state index >= 15 is 0 Å². The van der Waals surface area contributed by atoms with Gasteiger partial charge >= 0.3 is 5.97 Å². The number of methoxy groups -OCH3 is 2. The predicted molar refractivity (Wildman–Crippen MR) is 145 cm³/mol. The van der Waals surface area contributed by atoms with Gasteiger partial charge in [-0.05, 0) is 99.5 Å². The Balaban J connectivity index is 1.45. The first-order chi connectivity index (χ1) is 18.0. The monoisotopic (exact) mass is 503 g/mol. The number of carbonyl (C=O) groups excluding carboxylic acids is 1. The molecule has 7 heteroatoms. The minimum absolute atomic E-state index is 0.275. The van der Waals surface area contributed by atoms with Gasteiger partial charge in [-0.15, -0.1) is 0 Å². The second kappa shape index (κ2) is 12.6. The van der Waals surface area contributed by atoms with E-state index in [9.17, 15) is 4.79 Å². The molecule has 1 atom stereocenters. The van der Waals surface area contributed by atoms with Crippen molar-refractivity contribution in [3.8, 4) is 17.2 Å². The number of nitrogens with zero attached hydrogens (tertiary/aromatic N) is 2. The number of hydrogen-bond acceptors (Lipinski definition) is 6. The van der Waals surface area contributed by atoms with Crippen LogP contribution >= 0.6 is 0 Å². The zero-order valence-corrected chi connectivity index (χ0v) is 22.3. The number of carbonyl (C=O) groups is 1. The molecule has 0 amide bonds. The van der Waals surface area contributed by atoms with Crippen molar-refractivity contribution in [3.05, 3.63) is 76.9 Å². The van der Waals surface area contributed by atoms with Crippen LogP contribution in [0.15, 0.2) is 54.5 Å². The van der Waals surface area contributed by atoms with Gasteiger partial charge in [0.05, 0.1) is 38.5 Å². The summed E-state index contributed by atoms with van der Waals surface area (Å²) in [5, 5.41) is 3.70. The summed E-state index contributed by atoms with van der Waals surface area (Å²) >= 11 is 0. The van der Waals surface area contributed by atoms with Crippen molar-refractivity contribution >= 4 is 12.0 Å². The second-order valence-corrected chi connectivity index (χ2v) is 9.31. The maximum atomic E-state index is 12.8. The fourth-order valence-corrected chi connectivity index (χ4v) is 4.88. The van der Waals surface area contributed by atoms with Crippen LogP contribution in [0.5, 0.6) is 11.5 Å². The number of ether oxygens (including phenoxy) is 3. The van der Waals surface area contributed by atoms with Crippen LogP contribution in [0.1, 0.15) is 61.0 Å². The summed E-state index contributed by atoms with van der Waals surface area (Å²) in [6.45, 7) is 4.93.